The highest BCUT2D eigenvalue weighted by molar-refractivity contribution is 6.51. The van der Waals surface area contributed by atoms with E-state index in [9.17, 15) is 0 Å². The molecule has 0 radical (unpaired) electrons. The first-order chi connectivity index (χ1) is 5.93. The molecule has 0 aromatic carbocycles. The van der Waals surface area contributed by atoms with Crippen molar-refractivity contribution in [1.82, 2.24) is 0 Å². The van der Waals surface area contributed by atoms with Crippen LogP contribution in [-0.4, -0.2) is 20.3 Å². The quantitative estimate of drug-likeness (QED) is 0.462. The van der Waals surface area contributed by atoms with Crippen LogP contribution in [0.5, 0.6) is 0 Å². The number of rotatable bonds is 5. The molecule has 1 heterocycles. The van der Waals surface area contributed by atoms with E-state index >= 15 is 0 Å². The van der Waals surface area contributed by atoms with Crippen molar-refractivity contribution in [2.24, 2.45) is 0 Å². The average Bonchev–Trinajstić information content (AvgIpc) is 2.57. The zero-order valence-electron chi connectivity index (χ0n) is 7.79. The molecule has 0 bridgehead atoms. The highest BCUT2D eigenvalue weighted by atomic mass is 16.6. The first kappa shape index (κ1) is 9.81. The van der Waals surface area contributed by atoms with Crippen molar-refractivity contribution in [2.45, 2.75) is 32.6 Å². The summed E-state index contributed by atoms with van der Waals surface area (Å²) < 4.78 is 10.5. The molecular weight excluding hydrogens is 151 g/mol. The Morgan fingerprint density at radius 2 is 2.00 bits per heavy atom. The molecule has 3 heteroatoms. The van der Waals surface area contributed by atoms with Gasteiger partial charge in [0, 0.05) is 0 Å². The van der Waals surface area contributed by atoms with E-state index in [4.69, 9.17) is 9.31 Å². The minimum absolute atomic E-state index is 0.0633. The highest BCUT2D eigenvalue weighted by Gasteiger charge is 2.18. The standard InChI is InChI=1S/C9H17BO2/c1-2-3-4-5-6-7-10-11-8-9-12-10/h6-7H,2-5,8-9H2,1H3/b7-6-. The molecule has 2 nitrogen and oxygen atoms in total. The number of allylic oxidation sites excluding steroid dienone is 1. The van der Waals surface area contributed by atoms with E-state index in [0.29, 0.717) is 0 Å². The van der Waals surface area contributed by atoms with Crippen LogP contribution >= 0.6 is 0 Å². The van der Waals surface area contributed by atoms with E-state index in [0.717, 1.165) is 19.6 Å². The lowest BCUT2D eigenvalue weighted by Crippen LogP contribution is -2.09. The third-order valence-electron chi connectivity index (χ3n) is 1.92. The number of unbranched alkanes of at least 4 members (excludes halogenated alkanes) is 3. The van der Waals surface area contributed by atoms with Crippen LogP contribution in [-0.2, 0) is 9.31 Å². The molecule has 1 fully saturated rings. The van der Waals surface area contributed by atoms with Gasteiger partial charge in [-0.3, -0.25) is 0 Å². The summed E-state index contributed by atoms with van der Waals surface area (Å²) in [6.07, 6.45) is 7.18. The summed E-state index contributed by atoms with van der Waals surface area (Å²) >= 11 is 0. The summed E-state index contributed by atoms with van der Waals surface area (Å²) in [4.78, 5) is 0. The van der Waals surface area contributed by atoms with Crippen molar-refractivity contribution in [3.8, 4) is 0 Å². The van der Waals surface area contributed by atoms with Crippen molar-refractivity contribution in [2.75, 3.05) is 13.2 Å². The number of hydrogen-bond donors (Lipinski definition) is 0. The van der Waals surface area contributed by atoms with Crippen molar-refractivity contribution >= 4 is 7.12 Å². The van der Waals surface area contributed by atoms with Gasteiger partial charge >= 0.3 is 7.12 Å². The fourth-order valence-corrected chi connectivity index (χ4v) is 1.21. The van der Waals surface area contributed by atoms with E-state index in [2.05, 4.69) is 13.0 Å². The van der Waals surface area contributed by atoms with Crippen LogP contribution in [0.25, 0.3) is 0 Å². The van der Waals surface area contributed by atoms with Crippen LogP contribution in [0.3, 0.4) is 0 Å². The molecule has 0 aromatic rings. The van der Waals surface area contributed by atoms with Crippen molar-refractivity contribution in [3.05, 3.63) is 12.1 Å². The molecule has 1 saturated heterocycles. The van der Waals surface area contributed by atoms with Gasteiger partial charge in [-0.25, -0.2) is 0 Å². The van der Waals surface area contributed by atoms with Gasteiger partial charge in [-0.1, -0.05) is 31.8 Å². The van der Waals surface area contributed by atoms with Crippen LogP contribution in [0.15, 0.2) is 12.1 Å². The largest absolute Gasteiger partial charge is 0.485 e. The Labute approximate surface area is 75.1 Å². The van der Waals surface area contributed by atoms with Gasteiger partial charge < -0.3 is 9.31 Å². The maximum absolute atomic E-state index is 5.25. The Morgan fingerprint density at radius 1 is 1.25 bits per heavy atom. The van der Waals surface area contributed by atoms with Gasteiger partial charge in [-0.2, -0.15) is 0 Å². The Kier molecular flexibility index (Phi) is 5.12. The van der Waals surface area contributed by atoms with Crippen LogP contribution in [0.1, 0.15) is 32.6 Å². The van der Waals surface area contributed by atoms with Gasteiger partial charge in [0.05, 0.1) is 13.2 Å². The zero-order chi connectivity index (χ0) is 8.65. The number of hydrogen-bond acceptors (Lipinski definition) is 2. The lowest BCUT2D eigenvalue weighted by atomic mass is 9.90. The van der Waals surface area contributed by atoms with Gasteiger partial charge in [-0.05, 0) is 12.8 Å². The van der Waals surface area contributed by atoms with Gasteiger partial charge in [0.2, 0.25) is 0 Å². The molecular formula is C9H17BO2. The summed E-state index contributed by atoms with van der Waals surface area (Å²) in [5.74, 6) is 2.02. The predicted molar refractivity (Wildman–Crippen MR) is 50.9 cm³/mol. The third-order valence-corrected chi connectivity index (χ3v) is 1.92. The third kappa shape index (κ3) is 3.93. The molecule has 0 unspecified atom stereocenters. The molecule has 1 rings (SSSR count). The Morgan fingerprint density at radius 3 is 2.67 bits per heavy atom. The monoisotopic (exact) mass is 168 g/mol. The fourth-order valence-electron chi connectivity index (χ4n) is 1.21. The van der Waals surface area contributed by atoms with Gasteiger partial charge in [-0.15, -0.1) is 0 Å². The molecule has 0 amide bonds. The van der Waals surface area contributed by atoms with Crippen LogP contribution in [0, 0.1) is 0 Å². The van der Waals surface area contributed by atoms with Crippen molar-refractivity contribution in [3.63, 3.8) is 0 Å². The van der Waals surface area contributed by atoms with Crippen molar-refractivity contribution in [1.29, 1.82) is 0 Å². The van der Waals surface area contributed by atoms with Gasteiger partial charge in [0.15, 0.2) is 0 Å². The molecule has 12 heavy (non-hydrogen) atoms. The summed E-state index contributed by atoms with van der Waals surface area (Å²) in [7, 11) is -0.0633. The minimum atomic E-state index is -0.0633. The maximum atomic E-state index is 5.25. The molecule has 0 saturated carbocycles. The normalized spacial score (nSPS) is 17.9. The average molecular weight is 168 g/mol. The smallest absolute Gasteiger partial charge is 0.405 e. The van der Waals surface area contributed by atoms with Crippen LogP contribution < -0.4 is 0 Å². The lowest BCUT2D eigenvalue weighted by Gasteiger charge is -1.95. The summed E-state index contributed by atoms with van der Waals surface area (Å²) in [6, 6.07) is 0. The molecule has 0 aromatic heterocycles. The Hall–Kier alpha value is -0.275. The second-order valence-electron chi connectivity index (χ2n) is 3.03. The van der Waals surface area contributed by atoms with Crippen LogP contribution in [0.4, 0.5) is 0 Å². The fraction of sp³-hybridized carbons (Fsp3) is 0.778. The molecule has 0 atom stereocenters. The van der Waals surface area contributed by atoms with Crippen LogP contribution in [0.2, 0.25) is 0 Å². The lowest BCUT2D eigenvalue weighted by molar-refractivity contribution is 0.365. The predicted octanol–water partition coefficient (Wildman–Crippen LogP) is 2.20. The maximum Gasteiger partial charge on any atom is 0.485 e. The van der Waals surface area contributed by atoms with E-state index in [1.165, 1.54) is 19.3 Å². The first-order valence-electron chi connectivity index (χ1n) is 4.83. The molecule has 0 N–H and O–H groups in total. The summed E-state index contributed by atoms with van der Waals surface area (Å²) in [6.45, 7) is 3.70. The highest BCUT2D eigenvalue weighted by Crippen LogP contribution is 2.03. The SMILES string of the molecule is CCCCC/C=C\B1OCCO1. The summed E-state index contributed by atoms with van der Waals surface area (Å²) in [5, 5.41) is 0. The summed E-state index contributed by atoms with van der Waals surface area (Å²) in [5.41, 5.74) is 0. The molecule has 68 valence electrons. The molecule has 0 spiro atoms. The molecule has 0 aliphatic carbocycles. The van der Waals surface area contributed by atoms with E-state index in [1.54, 1.807) is 0 Å². The molecule has 1 aliphatic rings. The Bertz CT molecular complexity index is 130. The van der Waals surface area contributed by atoms with Gasteiger partial charge in [0.25, 0.3) is 0 Å². The van der Waals surface area contributed by atoms with E-state index < -0.39 is 0 Å². The minimum Gasteiger partial charge on any atom is -0.405 e. The zero-order valence-corrected chi connectivity index (χ0v) is 7.79. The second kappa shape index (κ2) is 6.26. The molecule has 1 aliphatic heterocycles. The first-order valence-corrected chi connectivity index (χ1v) is 4.83. The van der Waals surface area contributed by atoms with Crippen molar-refractivity contribution < 1.29 is 9.31 Å². The van der Waals surface area contributed by atoms with E-state index in [-0.39, 0.29) is 7.12 Å². The van der Waals surface area contributed by atoms with E-state index in [1.807, 2.05) is 5.98 Å². The van der Waals surface area contributed by atoms with Gasteiger partial charge in [0.1, 0.15) is 0 Å². The topological polar surface area (TPSA) is 18.5 Å². The Balaban J connectivity index is 1.97. The second-order valence-corrected chi connectivity index (χ2v) is 3.03.